The van der Waals surface area contributed by atoms with Crippen LogP contribution in [0, 0.1) is 45.8 Å². The van der Waals surface area contributed by atoms with Crippen LogP contribution in [0.3, 0.4) is 0 Å². The smallest absolute Gasteiger partial charge is 0.191 e. The van der Waals surface area contributed by atoms with Gasteiger partial charge in [-0.05, 0) is 119 Å². The lowest BCUT2D eigenvalue weighted by Gasteiger charge is -2.67. The Morgan fingerprint density at radius 1 is 0.630 bits per heavy atom. The lowest BCUT2D eigenvalue weighted by molar-refractivity contribution is -0.398. The summed E-state index contributed by atoms with van der Waals surface area (Å²) in [7, 11) is 0. The van der Waals surface area contributed by atoms with Crippen molar-refractivity contribution in [1.29, 1.82) is 0 Å². The van der Waals surface area contributed by atoms with E-state index in [9.17, 15) is 56.2 Å². The predicted molar refractivity (Wildman–Crippen MR) is 250 cm³/mol. The van der Waals surface area contributed by atoms with Crippen molar-refractivity contribution in [3.63, 3.8) is 0 Å². The molecule has 6 saturated heterocycles. The van der Waals surface area contributed by atoms with E-state index >= 15 is 0 Å². The lowest BCUT2D eigenvalue weighted by Crippen LogP contribution is -2.67. The van der Waals surface area contributed by atoms with Crippen LogP contribution in [0.5, 0.6) is 0 Å². The van der Waals surface area contributed by atoms with Gasteiger partial charge in [-0.1, -0.05) is 33.3 Å². The SMILES string of the molecule is CC(C)=C[C@@]12C[C@](C)(O)[C@@H]3C4CC[C@H]5C6(C)CC[C@H](O[C@@H]7OC[C@@H](O)[C@@H](O[C@@H]8O[C@H](CO)[C@@H](O)[C@H](O)[C@H]8O[C@@H]8OC[C@@H](O)[C@H](O)[C@H]8O)[C@H]7O[C@@H]7O[C@H](C)[C@H](O)[C@H](O)[C@H]7O)C(C)(C)[C@@H]6CC[C@@]5(C)C4C[C@]3(CO1)O2. The van der Waals surface area contributed by atoms with E-state index < -0.39 is 152 Å². The second-order valence-corrected chi connectivity index (χ2v) is 25.4. The van der Waals surface area contributed by atoms with Gasteiger partial charge in [0.2, 0.25) is 0 Å². The number of hydrogen-bond donors (Lipinski definition) is 11. The lowest BCUT2D eigenvalue weighted by atomic mass is 9.38. The highest BCUT2D eigenvalue weighted by Crippen LogP contribution is 2.75. The molecule has 3 unspecified atom stereocenters. The fraction of sp³-hybridized carbons (Fsp3) is 0.962. The van der Waals surface area contributed by atoms with Crippen LogP contribution in [-0.4, -0.2) is 216 Å². The Morgan fingerprint density at radius 3 is 2.00 bits per heavy atom. The molecule has 1 spiro atoms. The summed E-state index contributed by atoms with van der Waals surface area (Å²) in [6, 6.07) is 0. The molecule has 0 radical (unpaired) electrons. The van der Waals surface area contributed by atoms with Crippen molar-refractivity contribution in [1.82, 2.24) is 0 Å². The molecule has 10 aliphatic rings. The van der Waals surface area contributed by atoms with Crippen LogP contribution in [0.2, 0.25) is 0 Å². The summed E-state index contributed by atoms with van der Waals surface area (Å²) in [6.07, 6.45) is -20.5. The molecule has 10 fully saturated rings. The number of hydrogen-bond acceptors (Lipinski definition) is 21. The van der Waals surface area contributed by atoms with Crippen molar-refractivity contribution >= 4 is 0 Å². The van der Waals surface area contributed by atoms with Gasteiger partial charge in [0.05, 0.1) is 44.2 Å². The summed E-state index contributed by atoms with van der Waals surface area (Å²) in [4.78, 5) is 0. The van der Waals surface area contributed by atoms with E-state index in [1.807, 2.05) is 26.8 Å². The average Bonchev–Trinajstić information content (AvgIpc) is 3.83. The van der Waals surface area contributed by atoms with Crippen molar-refractivity contribution < 1.29 is 104 Å². The third-order valence-electron chi connectivity index (χ3n) is 20.1. The second kappa shape index (κ2) is 19.6. The van der Waals surface area contributed by atoms with Gasteiger partial charge in [-0.25, -0.2) is 0 Å². The van der Waals surface area contributed by atoms with Crippen LogP contribution in [0.4, 0.5) is 0 Å². The first-order chi connectivity index (χ1) is 34.2. The third-order valence-corrected chi connectivity index (χ3v) is 20.1. The molecule has 21 heteroatoms. The van der Waals surface area contributed by atoms with E-state index in [0.29, 0.717) is 37.2 Å². The van der Waals surface area contributed by atoms with Crippen molar-refractivity contribution in [3.05, 3.63) is 11.6 Å². The molecule has 11 N–H and O–H groups in total. The minimum absolute atomic E-state index is 0.0306. The Balaban J connectivity index is 0.911. The number of ether oxygens (including phenoxy) is 10. The summed E-state index contributed by atoms with van der Waals surface area (Å²) in [6.45, 7) is 15.8. The van der Waals surface area contributed by atoms with Crippen molar-refractivity contribution in [2.24, 2.45) is 45.8 Å². The molecule has 21 nitrogen and oxygen atoms in total. The Bertz CT molecular complexity index is 2010. The minimum atomic E-state index is -1.87. The summed E-state index contributed by atoms with van der Waals surface area (Å²) in [5.74, 6) is 0.201. The van der Waals surface area contributed by atoms with Crippen LogP contribution in [-0.2, 0) is 47.4 Å². The molecule has 73 heavy (non-hydrogen) atoms. The monoisotopic (exact) mass is 1040 g/mol. The Kier molecular flexibility index (Phi) is 14.8. The molecule has 2 bridgehead atoms. The van der Waals surface area contributed by atoms with Crippen LogP contribution in [0.25, 0.3) is 0 Å². The maximum Gasteiger partial charge on any atom is 0.191 e. The van der Waals surface area contributed by atoms with Gasteiger partial charge in [-0.15, -0.1) is 0 Å². The van der Waals surface area contributed by atoms with Crippen LogP contribution < -0.4 is 0 Å². The summed E-state index contributed by atoms with van der Waals surface area (Å²) < 4.78 is 63.1. The minimum Gasteiger partial charge on any atom is -0.394 e. The second-order valence-electron chi connectivity index (χ2n) is 25.4. The van der Waals surface area contributed by atoms with Crippen molar-refractivity contribution in [3.8, 4) is 0 Å². The van der Waals surface area contributed by atoms with Crippen LogP contribution >= 0.6 is 0 Å². The summed E-state index contributed by atoms with van der Waals surface area (Å²) in [5, 5.41) is 121. The molecule has 418 valence electrons. The Morgan fingerprint density at radius 2 is 1.29 bits per heavy atom. The van der Waals surface area contributed by atoms with E-state index in [1.54, 1.807) is 0 Å². The quantitative estimate of drug-likeness (QED) is 0.0967. The predicted octanol–water partition coefficient (Wildman–Crippen LogP) is -0.542. The molecule has 0 amide bonds. The van der Waals surface area contributed by atoms with E-state index in [2.05, 4.69) is 27.7 Å². The highest BCUT2D eigenvalue weighted by Gasteiger charge is 2.75. The first-order valence-corrected chi connectivity index (χ1v) is 26.8. The molecular weight excluding hydrogens is 961 g/mol. The van der Waals surface area contributed by atoms with Gasteiger partial charge in [0.25, 0.3) is 0 Å². The first kappa shape index (κ1) is 55.2. The standard InChI is InChI=1S/C52H84O21/c1-22(2)15-52-20-50(8,63)42-24-9-10-30-48(6,25(24)16-51(42,73-52)21-66-52)13-11-29-47(4,5)31(12-14-49(29,30)7)69-45-41(72-44-38(62)35(59)32(56)23(3)67-44)39(27(55)19-65-45)70-46-40(36(60)34(58)28(17-53)68-46)71-43-37(61)33(57)26(54)18-64-43/h15,23-46,53-63H,9-14,16-21H2,1-8H3/t23-,24?,25?,26-,27-,28-,29+,30-,31+,32+,33+,34-,35+,36+,37-,38-,39-,40-,41-,42+,43+,44+,45+,46+,48+,49?,50+,51-,52-/m1/s1. The summed E-state index contributed by atoms with van der Waals surface area (Å²) in [5.41, 5.74) is -1.04. The third kappa shape index (κ3) is 9.05. The number of aliphatic hydroxyl groups excluding tert-OH is 10. The molecule has 4 saturated carbocycles. The number of aliphatic hydroxyl groups is 11. The van der Waals surface area contributed by atoms with Crippen LogP contribution in [0.1, 0.15) is 107 Å². The van der Waals surface area contributed by atoms with Crippen molar-refractivity contribution in [2.45, 2.75) is 240 Å². The fourth-order valence-electron chi connectivity index (χ4n) is 17.0. The van der Waals surface area contributed by atoms with Gasteiger partial charge in [0.15, 0.2) is 30.9 Å². The van der Waals surface area contributed by atoms with Crippen molar-refractivity contribution in [2.75, 3.05) is 26.4 Å². The molecule has 0 aromatic rings. The number of fused-ring (bicyclic) bond motifs is 7. The van der Waals surface area contributed by atoms with Crippen LogP contribution in [0.15, 0.2) is 11.6 Å². The molecule has 6 aliphatic heterocycles. The average molecular weight is 1050 g/mol. The van der Waals surface area contributed by atoms with E-state index in [0.717, 1.165) is 44.1 Å². The fourth-order valence-corrected chi connectivity index (χ4v) is 17.0. The van der Waals surface area contributed by atoms with Gasteiger partial charge in [0, 0.05) is 12.3 Å². The zero-order chi connectivity index (χ0) is 52.7. The zero-order valence-corrected chi connectivity index (χ0v) is 43.4. The van der Waals surface area contributed by atoms with Gasteiger partial charge in [-0.3, -0.25) is 0 Å². The van der Waals surface area contributed by atoms with E-state index in [-0.39, 0.29) is 29.3 Å². The number of allylic oxidation sites excluding steroid dienone is 1. The molecule has 4 aliphatic carbocycles. The van der Waals surface area contributed by atoms with E-state index in [1.165, 1.54) is 6.92 Å². The Labute approximate surface area is 426 Å². The first-order valence-electron chi connectivity index (χ1n) is 26.8. The zero-order valence-electron chi connectivity index (χ0n) is 43.4. The van der Waals surface area contributed by atoms with Gasteiger partial charge >= 0.3 is 0 Å². The van der Waals surface area contributed by atoms with E-state index in [4.69, 9.17) is 47.4 Å². The molecule has 0 aromatic carbocycles. The highest BCUT2D eigenvalue weighted by atomic mass is 16.8. The summed E-state index contributed by atoms with van der Waals surface area (Å²) >= 11 is 0. The topological polar surface area (TPSA) is 315 Å². The largest absolute Gasteiger partial charge is 0.394 e. The molecule has 0 aromatic heterocycles. The Hall–Kier alpha value is -1.10. The molecular formula is C52H84O21. The molecule has 6 heterocycles. The van der Waals surface area contributed by atoms with Gasteiger partial charge in [-0.2, -0.15) is 0 Å². The molecule has 10 rings (SSSR count). The highest BCUT2D eigenvalue weighted by molar-refractivity contribution is 5.25. The normalized spacial score (nSPS) is 57.5. The maximum atomic E-state index is 12.3. The van der Waals surface area contributed by atoms with Gasteiger partial charge in [0.1, 0.15) is 85.0 Å². The van der Waals surface area contributed by atoms with Gasteiger partial charge < -0.3 is 104 Å². The molecule has 29 atom stereocenters. The maximum absolute atomic E-state index is 12.3. The number of rotatable bonds is 10.